The molecule has 47 heavy (non-hydrogen) atoms. The molecule has 4 aromatic carbocycles. The Balaban J connectivity index is 1.52. The Kier molecular flexibility index (Phi) is 11.3. The molecule has 1 atom stereocenters. The Morgan fingerprint density at radius 1 is 0.787 bits per heavy atom. The molecule has 0 aromatic heterocycles. The summed E-state index contributed by atoms with van der Waals surface area (Å²) < 4.78 is 30.9. The number of carbonyl (C=O) groups excluding carboxylic acids is 2. The molecule has 0 aliphatic heterocycles. The first-order valence-corrected chi connectivity index (χ1v) is 16.9. The fourth-order valence-electron chi connectivity index (χ4n) is 4.95. The summed E-state index contributed by atoms with van der Waals surface area (Å²) >= 11 is 0. The van der Waals surface area contributed by atoms with Crippen molar-refractivity contribution in [2.75, 3.05) is 11.1 Å². The fraction of sp³-hybridized carbons (Fsp3) is 0.237. The quantitative estimate of drug-likeness (QED) is 0.0984. The van der Waals surface area contributed by atoms with Crippen molar-refractivity contribution in [3.8, 4) is 11.1 Å². The average molecular weight is 654 g/mol. The van der Waals surface area contributed by atoms with Crippen LogP contribution in [0.5, 0.6) is 0 Å². The maximum Gasteiger partial charge on any atom is 0.335 e. The summed E-state index contributed by atoms with van der Waals surface area (Å²) in [6.07, 6.45) is 4.57. The van der Waals surface area contributed by atoms with Crippen molar-refractivity contribution in [3.63, 3.8) is 0 Å². The smallest absolute Gasteiger partial charge is 0.335 e. The third-order valence-electron chi connectivity index (χ3n) is 7.57. The van der Waals surface area contributed by atoms with Crippen LogP contribution in [-0.2, 0) is 21.3 Å². The van der Waals surface area contributed by atoms with Crippen molar-refractivity contribution < 1.29 is 32.5 Å². The minimum Gasteiger partial charge on any atom is -0.478 e. The predicted octanol–water partition coefficient (Wildman–Crippen LogP) is 7.93. The molecule has 1 amide bonds. The van der Waals surface area contributed by atoms with Crippen LogP contribution in [0.3, 0.4) is 0 Å². The van der Waals surface area contributed by atoms with Gasteiger partial charge in [0.1, 0.15) is 0 Å². The van der Waals surface area contributed by atoms with Gasteiger partial charge in [-0.25, -0.2) is 4.79 Å². The number of carbonyl (C=O) groups is 3. The van der Waals surface area contributed by atoms with E-state index >= 15 is 0 Å². The van der Waals surface area contributed by atoms with Crippen molar-refractivity contribution in [1.82, 2.24) is 0 Å². The number of ketones is 1. The molecule has 8 nitrogen and oxygen atoms in total. The van der Waals surface area contributed by atoms with Gasteiger partial charge in [-0.1, -0.05) is 106 Å². The van der Waals surface area contributed by atoms with Gasteiger partial charge in [0.15, 0.2) is 5.78 Å². The van der Waals surface area contributed by atoms with Crippen LogP contribution < -0.4 is 5.32 Å². The van der Waals surface area contributed by atoms with Crippen molar-refractivity contribution >= 4 is 39.5 Å². The molecule has 0 aliphatic carbocycles. The highest BCUT2D eigenvalue weighted by atomic mass is 32.2. The maximum absolute atomic E-state index is 13.8. The lowest BCUT2D eigenvalue weighted by Gasteiger charge is -2.18. The van der Waals surface area contributed by atoms with Gasteiger partial charge in [0.2, 0.25) is 5.91 Å². The number of rotatable bonds is 13. The minimum absolute atomic E-state index is 0.00733. The number of hydrogen-bond donors (Lipinski definition) is 3. The molecule has 0 saturated carbocycles. The molecule has 3 N–H and O–H groups in total. The standard InChI is InChI=1S/C38H39NO7S/c1-38(2,3)23-22-26-6-10-30(11-7-26)34(25-27-8-12-31(13-9-27)35(40)5-4-24-47(44,45)46)36(41)39-33-20-18-29(19-21-33)28-14-16-32(17-15-28)37(42)43/h6-23,34H,4-5,24-25H2,1-3H3,(H,39,41)(H,42,43)(H,44,45,46)/b23-22+. The van der Waals surface area contributed by atoms with Crippen LogP contribution in [0, 0.1) is 5.41 Å². The van der Waals surface area contributed by atoms with Gasteiger partial charge in [-0.2, -0.15) is 8.42 Å². The highest BCUT2D eigenvalue weighted by molar-refractivity contribution is 7.85. The molecule has 0 saturated heterocycles. The number of anilines is 1. The second-order valence-corrected chi connectivity index (χ2v) is 14.2. The van der Waals surface area contributed by atoms with Crippen LogP contribution in [0.25, 0.3) is 17.2 Å². The molecule has 0 radical (unpaired) electrons. The molecule has 4 rings (SSSR count). The van der Waals surface area contributed by atoms with E-state index in [4.69, 9.17) is 9.66 Å². The van der Waals surface area contributed by atoms with Crippen molar-refractivity contribution in [2.45, 2.75) is 46.0 Å². The Bertz CT molecular complexity index is 1840. The van der Waals surface area contributed by atoms with Crippen molar-refractivity contribution in [3.05, 3.63) is 131 Å². The largest absolute Gasteiger partial charge is 0.478 e. The number of carboxylic acid groups (broad SMARTS) is 1. The van der Waals surface area contributed by atoms with Crippen molar-refractivity contribution in [1.29, 1.82) is 0 Å². The zero-order valence-corrected chi connectivity index (χ0v) is 27.5. The predicted molar refractivity (Wildman–Crippen MR) is 185 cm³/mol. The zero-order chi connectivity index (χ0) is 34.2. The first kappa shape index (κ1) is 35.0. The van der Waals surface area contributed by atoms with Gasteiger partial charge < -0.3 is 10.4 Å². The number of Topliss-reactive ketones (excluding diaryl/α,β-unsaturated/α-hetero) is 1. The number of allylic oxidation sites excluding steroid dienone is 1. The van der Waals surface area contributed by atoms with Crippen LogP contribution in [0.4, 0.5) is 5.69 Å². The molecule has 0 fully saturated rings. The van der Waals surface area contributed by atoms with Crippen LogP contribution >= 0.6 is 0 Å². The van der Waals surface area contributed by atoms with Crippen LogP contribution in [0.2, 0.25) is 0 Å². The minimum atomic E-state index is -4.12. The number of hydrogen-bond acceptors (Lipinski definition) is 5. The summed E-state index contributed by atoms with van der Waals surface area (Å²) in [5.41, 5.74) is 5.70. The molecular weight excluding hydrogens is 614 g/mol. The zero-order valence-electron chi connectivity index (χ0n) is 26.6. The molecule has 4 aromatic rings. The van der Waals surface area contributed by atoms with E-state index in [1.165, 1.54) is 0 Å². The number of amides is 1. The lowest BCUT2D eigenvalue weighted by Crippen LogP contribution is -2.23. The number of nitrogens with one attached hydrogen (secondary N) is 1. The Morgan fingerprint density at radius 3 is 1.87 bits per heavy atom. The number of aromatic carboxylic acids is 1. The second-order valence-electron chi connectivity index (χ2n) is 12.6. The van der Waals surface area contributed by atoms with E-state index in [0.29, 0.717) is 17.7 Å². The monoisotopic (exact) mass is 653 g/mol. The highest BCUT2D eigenvalue weighted by Gasteiger charge is 2.22. The van der Waals surface area contributed by atoms with E-state index in [1.54, 1.807) is 60.7 Å². The molecule has 244 valence electrons. The summed E-state index contributed by atoms with van der Waals surface area (Å²) in [5.74, 6) is -2.43. The van der Waals surface area contributed by atoms with Gasteiger partial charge in [-0.15, -0.1) is 0 Å². The van der Waals surface area contributed by atoms with E-state index in [1.807, 2.05) is 36.4 Å². The highest BCUT2D eigenvalue weighted by Crippen LogP contribution is 2.27. The normalized spacial score (nSPS) is 12.5. The number of carboxylic acids is 1. The maximum atomic E-state index is 13.8. The lowest BCUT2D eigenvalue weighted by molar-refractivity contribution is -0.117. The van der Waals surface area contributed by atoms with E-state index in [0.717, 1.165) is 27.8 Å². The van der Waals surface area contributed by atoms with Gasteiger partial charge in [0.25, 0.3) is 10.1 Å². The third kappa shape index (κ3) is 10.9. The Morgan fingerprint density at radius 2 is 1.34 bits per heavy atom. The molecule has 0 heterocycles. The molecule has 0 aliphatic rings. The summed E-state index contributed by atoms with van der Waals surface area (Å²) in [4.78, 5) is 37.5. The van der Waals surface area contributed by atoms with Gasteiger partial charge in [0, 0.05) is 17.7 Å². The van der Waals surface area contributed by atoms with Crippen LogP contribution in [-0.4, -0.2) is 41.5 Å². The molecule has 0 bridgehead atoms. The fourth-order valence-corrected chi connectivity index (χ4v) is 5.46. The Hall–Kier alpha value is -4.86. The molecule has 1 unspecified atom stereocenters. The lowest BCUT2D eigenvalue weighted by atomic mass is 9.89. The van der Waals surface area contributed by atoms with Gasteiger partial charge in [-0.3, -0.25) is 14.1 Å². The average Bonchev–Trinajstić information content (AvgIpc) is 3.02. The van der Waals surface area contributed by atoms with E-state index in [-0.39, 0.29) is 35.5 Å². The SMILES string of the molecule is CC(C)(C)/C=C/c1ccc(C(Cc2ccc(C(=O)CCCS(=O)(=O)O)cc2)C(=O)Nc2ccc(-c3ccc(C(=O)O)cc3)cc2)cc1. The third-order valence-corrected chi connectivity index (χ3v) is 8.38. The number of benzene rings is 4. The Labute approximate surface area is 275 Å². The van der Waals surface area contributed by atoms with Gasteiger partial charge in [-0.05, 0) is 70.3 Å². The van der Waals surface area contributed by atoms with Gasteiger partial charge >= 0.3 is 5.97 Å². The first-order valence-electron chi connectivity index (χ1n) is 15.3. The van der Waals surface area contributed by atoms with E-state index in [2.05, 4.69) is 38.2 Å². The van der Waals surface area contributed by atoms with Gasteiger partial charge in [0.05, 0.1) is 17.2 Å². The molecule has 0 spiro atoms. The van der Waals surface area contributed by atoms with Crippen molar-refractivity contribution in [2.24, 2.45) is 5.41 Å². The second kappa shape index (κ2) is 15.2. The molecule has 9 heteroatoms. The van der Waals surface area contributed by atoms with E-state index < -0.39 is 27.8 Å². The first-order chi connectivity index (χ1) is 22.2. The van der Waals surface area contributed by atoms with E-state index in [9.17, 15) is 22.8 Å². The summed E-state index contributed by atoms with van der Waals surface area (Å²) in [6, 6.07) is 28.7. The summed E-state index contributed by atoms with van der Waals surface area (Å²) in [7, 11) is -4.12. The van der Waals surface area contributed by atoms with Crippen LogP contribution in [0.1, 0.15) is 76.9 Å². The topological polar surface area (TPSA) is 138 Å². The van der Waals surface area contributed by atoms with Crippen LogP contribution in [0.15, 0.2) is 103 Å². The molecular formula is C38H39NO7S. The summed E-state index contributed by atoms with van der Waals surface area (Å²) in [5, 5.41) is 12.2. The summed E-state index contributed by atoms with van der Waals surface area (Å²) in [6.45, 7) is 6.37.